The standard InChI is InChI=1S/C15H11BrF2O/c1-8-5-11(17)6-9(2)14(8)15(19)10-3-4-13(18)12(16)7-10/h3-7H,1-2H3. The summed E-state index contributed by atoms with van der Waals surface area (Å²) < 4.78 is 26.6. The largest absolute Gasteiger partial charge is 0.289 e. The van der Waals surface area contributed by atoms with E-state index in [1.54, 1.807) is 13.8 Å². The first-order valence-electron chi connectivity index (χ1n) is 5.66. The van der Waals surface area contributed by atoms with Crippen LogP contribution >= 0.6 is 15.9 Å². The van der Waals surface area contributed by atoms with Crippen molar-refractivity contribution < 1.29 is 13.6 Å². The molecule has 0 bridgehead atoms. The van der Waals surface area contributed by atoms with Crippen LogP contribution in [-0.4, -0.2) is 5.78 Å². The van der Waals surface area contributed by atoms with Gasteiger partial charge < -0.3 is 0 Å². The molecule has 0 aliphatic rings. The van der Waals surface area contributed by atoms with Crippen LogP contribution in [0.15, 0.2) is 34.8 Å². The minimum atomic E-state index is -0.427. The van der Waals surface area contributed by atoms with E-state index in [2.05, 4.69) is 15.9 Å². The maximum atomic E-state index is 13.2. The van der Waals surface area contributed by atoms with E-state index in [-0.39, 0.29) is 16.1 Å². The van der Waals surface area contributed by atoms with Crippen molar-refractivity contribution in [3.63, 3.8) is 0 Å². The molecule has 98 valence electrons. The van der Waals surface area contributed by atoms with Crippen molar-refractivity contribution in [1.82, 2.24) is 0 Å². The molecule has 0 N–H and O–H groups in total. The highest BCUT2D eigenvalue weighted by Crippen LogP contribution is 2.23. The van der Waals surface area contributed by atoms with Crippen LogP contribution in [0.25, 0.3) is 0 Å². The Kier molecular flexibility index (Phi) is 3.80. The molecule has 2 rings (SSSR count). The third kappa shape index (κ3) is 2.73. The lowest BCUT2D eigenvalue weighted by molar-refractivity contribution is 0.103. The van der Waals surface area contributed by atoms with E-state index in [4.69, 9.17) is 0 Å². The fraction of sp³-hybridized carbons (Fsp3) is 0.133. The molecule has 0 spiro atoms. The zero-order valence-electron chi connectivity index (χ0n) is 10.4. The fourth-order valence-corrected chi connectivity index (χ4v) is 2.43. The Labute approximate surface area is 118 Å². The second kappa shape index (κ2) is 5.21. The van der Waals surface area contributed by atoms with Gasteiger partial charge in [0.15, 0.2) is 5.78 Å². The van der Waals surface area contributed by atoms with Gasteiger partial charge in [-0.25, -0.2) is 8.78 Å². The zero-order valence-corrected chi connectivity index (χ0v) is 12.0. The third-order valence-electron chi connectivity index (χ3n) is 2.91. The maximum absolute atomic E-state index is 13.2. The Balaban J connectivity index is 2.53. The normalized spacial score (nSPS) is 10.6. The van der Waals surface area contributed by atoms with Crippen molar-refractivity contribution in [2.75, 3.05) is 0 Å². The molecule has 0 aliphatic carbocycles. The van der Waals surface area contributed by atoms with E-state index in [9.17, 15) is 13.6 Å². The molecule has 0 fully saturated rings. The summed E-state index contributed by atoms with van der Waals surface area (Å²) in [7, 11) is 0. The number of aryl methyl sites for hydroxylation is 2. The first-order chi connectivity index (χ1) is 8.90. The second-order valence-corrected chi connectivity index (χ2v) is 5.23. The van der Waals surface area contributed by atoms with Crippen LogP contribution in [0.3, 0.4) is 0 Å². The summed E-state index contributed by atoms with van der Waals surface area (Å²) in [5.74, 6) is -1.04. The Hall–Kier alpha value is -1.55. The van der Waals surface area contributed by atoms with E-state index in [0.29, 0.717) is 22.3 Å². The Morgan fingerprint density at radius 3 is 2.16 bits per heavy atom. The van der Waals surface area contributed by atoms with E-state index >= 15 is 0 Å². The van der Waals surface area contributed by atoms with E-state index in [1.165, 1.54) is 30.3 Å². The minimum absolute atomic E-state index is 0.232. The Bertz CT molecular complexity index is 642. The number of hydrogen-bond acceptors (Lipinski definition) is 1. The van der Waals surface area contributed by atoms with Crippen LogP contribution in [0, 0.1) is 25.5 Å². The highest BCUT2D eigenvalue weighted by molar-refractivity contribution is 9.10. The predicted molar refractivity (Wildman–Crippen MR) is 73.4 cm³/mol. The first kappa shape index (κ1) is 13.9. The van der Waals surface area contributed by atoms with Gasteiger partial charge in [0.05, 0.1) is 4.47 Å². The van der Waals surface area contributed by atoms with Gasteiger partial charge in [-0.15, -0.1) is 0 Å². The summed E-state index contributed by atoms with van der Waals surface area (Å²) in [6.07, 6.45) is 0. The number of benzene rings is 2. The highest BCUT2D eigenvalue weighted by atomic mass is 79.9. The van der Waals surface area contributed by atoms with Crippen LogP contribution < -0.4 is 0 Å². The lowest BCUT2D eigenvalue weighted by Gasteiger charge is -2.09. The molecule has 2 aromatic rings. The van der Waals surface area contributed by atoms with Crippen molar-refractivity contribution in [3.8, 4) is 0 Å². The number of ketones is 1. The molecule has 0 amide bonds. The van der Waals surface area contributed by atoms with Gasteiger partial charge in [0.25, 0.3) is 0 Å². The van der Waals surface area contributed by atoms with Crippen molar-refractivity contribution in [2.24, 2.45) is 0 Å². The van der Waals surface area contributed by atoms with Crippen LogP contribution in [-0.2, 0) is 0 Å². The van der Waals surface area contributed by atoms with Crippen molar-refractivity contribution in [2.45, 2.75) is 13.8 Å². The molecule has 0 heterocycles. The lowest BCUT2D eigenvalue weighted by Crippen LogP contribution is -2.07. The summed E-state index contributed by atoms with van der Waals surface area (Å²) in [5.41, 5.74) is 1.97. The molecule has 0 saturated heterocycles. The number of rotatable bonds is 2. The van der Waals surface area contributed by atoms with Crippen molar-refractivity contribution in [3.05, 3.63) is 68.7 Å². The van der Waals surface area contributed by atoms with Gasteiger partial charge in [0.1, 0.15) is 11.6 Å². The number of carbonyl (C=O) groups excluding carboxylic acids is 1. The molecule has 19 heavy (non-hydrogen) atoms. The maximum Gasteiger partial charge on any atom is 0.193 e. The zero-order chi connectivity index (χ0) is 14.2. The summed E-state index contributed by atoms with van der Waals surface area (Å²) in [6.45, 7) is 3.36. The van der Waals surface area contributed by atoms with Crippen LogP contribution in [0.4, 0.5) is 8.78 Å². The van der Waals surface area contributed by atoms with Gasteiger partial charge in [0.2, 0.25) is 0 Å². The molecule has 0 atom stereocenters. The summed E-state index contributed by atoms with van der Waals surface area (Å²) in [4.78, 5) is 12.4. The van der Waals surface area contributed by atoms with E-state index in [1.807, 2.05) is 0 Å². The average Bonchev–Trinajstić information content (AvgIpc) is 2.31. The molecule has 0 aliphatic heterocycles. The number of hydrogen-bond donors (Lipinski definition) is 0. The van der Waals surface area contributed by atoms with Gasteiger partial charge in [-0.2, -0.15) is 0 Å². The van der Waals surface area contributed by atoms with E-state index in [0.717, 1.165) is 0 Å². The smallest absolute Gasteiger partial charge is 0.193 e. The minimum Gasteiger partial charge on any atom is -0.289 e. The number of halogens is 3. The van der Waals surface area contributed by atoms with Crippen LogP contribution in [0.2, 0.25) is 0 Å². The summed E-state index contributed by atoms with van der Waals surface area (Å²) in [6, 6.07) is 6.72. The lowest BCUT2D eigenvalue weighted by atomic mass is 9.95. The molecule has 4 heteroatoms. The summed E-state index contributed by atoms with van der Waals surface area (Å²) >= 11 is 3.05. The molecule has 0 aromatic heterocycles. The Morgan fingerprint density at radius 1 is 1.05 bits per heavy atom. The molecule has 0 radical (unpaired) electrons. The molecule has 0 saturated carbocycles. The number of carbonyl (C=O) groups is 1. The van der Waals surface area contributed by atoms with Crippen molar-refractivity contribution in [1.29, 1.82) is 0 Å². The van der Waals surface area contributed by atoms with Gasteiger partial charge >= 0.3 is 0 Å². The summed E-state index contributed by atoms with van der Waals surface area (Å²) in [5, 5.41) is 0. The molecular formula is C15H11BrF2O. The quantitative estimate of drug-likeness (QED) is 0.739. The van der Waals surface area contributed by atoms with Crippen LogP contribution in [0.5, 0.6) is 0 Å². The van der Waals surface area contributed by atoms with E-state index < -0.39 is 5.82 Å². The molecule has 2 aromatic carbocycles. The highest BCUT2D eigenvalue weighted by Gasteiger charge is 2.16. The van der Waals surface area contributed by atoms with Gasteiger partial charge in [0, 0.05) is 11.1 Å². The van der Waals surface area contributed by atoms with Gasteiger partial charge in [-0.3, -0.25) is 4.79 Å². The third-order valence-corrected chi connectivity index (χ3v) is 3.51. The van der Waals surface area contributed by atoms with Gasteiger partial charge in [-0.05, 0) is 71.2 Å². The Morgan fingerprint density at radius 2 is 1.63 bits per heavy atom. The monoisotopic (exact) mass is 324 g/mol. The van der Waals surface area contributed by atoms with Gasteiger partial charge in [-0.1, -0.05) is 0 Å². The predicted octanol–water partition coefficient (Wildman–Crippen LogP) is 4.58. The molecule has 0 unspecified atom stereocenters. The second-order valence-electron chi connectivity index (χ2n) is 4.37. The van der Waals surface area contributed by atoms with Crippen LogP contribution in [0.1, 0.15) is 27.0 Å². The first-order valence-corrected chi connectivity index (χ1v) is 6.46. The van der Waals surface area contributed by atoms with Crippen molar-refractivity contribution >= 4 is 21.7 Å². The molecular weight excluding hydrogens is 314 g/mol. The molecule has 1 nitrogen and oxygen atoms in total. The average molecular weight is 325 g/mol. The topological polar surface area (TPSA) is 17.1 Å². The fourth-order valence-electron chi connectivity index (χ4n) is 2.05. The SMILES string of the molecule is Cc1cc(F)cc(C)c1C(=O)c1ccc(F)c(Br)c1.